The summed E-state index contributed by atoms with van der Waals surface area (Å²) in [6.45, 7) is 3.48. The molecule has 23 heavy (non-hydrogen) atoms. The van der Waals surface area contributed by atoms with Gasteiger partial charge in [-0.05, 0) is 24.3 Å². The van der Waals surface area contributed by atoms with E-state index in [0.29, 0.717) is 25.7 Å². The maximum atomic E-state index is 12.9. The van der Waals surface area contributed by atoms with E-state index in [4.69, 9.17) is 9.47 Å². The summed E-state index contributed by atoms with van der Waals surface area (Å²) in [6.07, 6.45) is 1.76. The lowest BCUT2D eigenvalue weighted by atomic mass is 9.82. The Labute approximate surface area is 135 Å². The molecule has 2 fully saturated rings. The minimum absolute atomic E-state index is 0.0389. The van der Waals surface area contributed by atoms with Crippen molar-refractivity contribution >= 4 is 16.8 Å². The monoisotopic (exact) mass is 312 g/mol. The molecule has 0 radical (unpaired) electrons. The third kappa shape index (κ3) is 2.40. The summed E-state index contributed by atoms with van der Waals surface area (Å²) in [5.74, 6) is 0.453. The Bertz CT molecular complexity index is 748. The van der Waals surface area contributed by atoms with Gasteiger partial charge in [-0.1, -0.05) is 6.07 Å². The molecule has 5 nitrogen and oxygen atoms in total. The lowest BCUT2D eigenvalue weighted by Gasteiger charge is -2.26. The van der Waals surface area contributed by atoms with Crippen LogP contribution in [0.2, 0.25) is 0 Å². The highest BCUT2D eigenvalue weighted by molar-refractivity contribution is 5.98. The molecule has 2 aromatic rings. The number of hydrogen-bond donors (Lipinski definition) is 0. The fraction of sp³-hybridized carbons (Fsp3) is 0.444. The van der Waals surface area contributed by atoms with Crippen LogP contribution >= 0.6 is 0 Å². The molecule has 4 rings (SSSR count). The molecule has 0 bridgehead atoms. The van der Waals surface area contributed by atoms with Crippen molar-refractivity contribution in [2.45, 2.75) is 0 Å². The second kappa shape index (κ2) is 5.58. The second-order valence-corrected chi connectivity index (χ2v) is 6.60. The van der Waals surface area contributed by atoms with Gasteiger partial charge in [0.25, 0.3) is 5.91 Å². The third-order valence-electron chi connectivity index (χ3n) is 5.09. The number of likely N-dealkylation sites (tertiary alicyclic amines) is 1. The molecule has 0 unspecified atom stereocenters. The van der Waals surface area contributed by atoms with Crippen molar-refractivity contribution in [3.8, 4) is 0 Å². The van der Waals surface area contributed by atoms with Crippen molar-refractivity contribution in [3.63, 3.8) is 0 Å². The topological polar surface area (TPSA) is 51.7 Å². The summed E-state index contributed by atoms with van der Waals surface area (Å²) in [4.78, 5) is 19.1. The van der Waals surface area contributed by atoms with E-state index in [0.717, 1.165) is 29.6 Å². The molecular formula is C18H20N2O3. The molecule has 120 valence electrons. The number of fused-ring (bicyclic) bond motifs is 2. The lowest BCUT2D eigenvalue weighted by molar-refractivity contribution is 0.0489. The normalized spacial score (nSPS) is 26.7. The molecular weight excluding hydrogens is 292 g/mol. The van der Waals surface area contributed by atoms with Crippen molar-refractivity contribution in [3.05, 3.63) is 42.1 Å². The van der Waals surface area contributed by atoms with Gasteiger partial charge in [-0.2, -0.15) is 0 Å². The summed E-state index contributed by atoms with van der Waals surface area (Å²) in [6, 6.07) is 9.58. The van der Waals surface area contributed by atoms with Crippen LogP contribution in [0.4, 0.5) is 0 Å². The van der Waals surface area contributed by atoms with Gasteiger partial charge < -0.3 is 14.4 Å². The molecule has 2 saturated heterocycles. The molecule has 0 saturated carbocycles. The van der Waals surface area contributed by atoms with Gasteiger partial charge in [-0.15, -0.1) is 0 Å². The highest BCUT2D eigenvalue weighted by Gasteiger charge is 2.51. The molecule has 1 aromatic heterocycles. The number of nitrogens with zero attached hydrogens (tertiary/aromatic N) is 2. The van der Waals surface area contributed by atoms with Crippen LogP contribution in [-0.4, -0.2) is 55.8 Å². The summed E-state index contributed by atoms with van der Waals surface area (Å²) in [5.41, 5.74) is 1.59. The fourth-order valence-corrected chi connectivity index (χ4v) is 3.87. The van der Waals surface area contributed by atoms with E-state index in [1.165, 1.54) is 0 Å². The number of benzene rings is 1. The van der Waals surface area contributed by atoms with Gasteiger partial charge in [0.05, 0.1) is 25.3 Å². The van der Waals surface area contributed by atoms with Crippen molar-refractivity contribution < 1.29 is 14.3 Å². The maximum Gasteiger partial charge on any atom is 0.253 e. The molecule has 0 spiro atoms. The molecule has 0 N–H and O–H groups in total. The van der Waals surface area contributed by atoms with Crippen molar-refractivity contribution in [1.29, 1.82) is 0 Å². The zero-order valence-corrected chi connectivity index (χ0v) is 13.2. The Kier molecular flexibility index (Phi) is 3.54. The van der Waals surface area contributed by atoms with Gasteiger partial charge >= 0.3 is 0 Å². The molecule has 3 heterocycles. The van der Waals surface area contributed by atoms with Gasteiger partial charge in [0.1, 0.15) is 0 Å². The molecule has 0 aliphatic carbocycles. The van der Waals surface area contributed by atoms with Crippen LogP contribution in [-0.2, 0) is 9.47 Å². The number of hydrogen-bond acceptors (Lipinski definition) is 4. The van der Waals surface area contributed by atoms with Crippen molar-refractivity contribution in [2.75, 3.05) is 40.0 Å². The first-order chi connectivity index (χ1) is 11.2. The van der Waals surface area contributed by atoms with Crippen LogP contribution < -0.4 is 0 Å². The Morgan fingerprint density at radius 2 is 2.39 bits per heavy atom. The molecule has 5 heteroatoms. The van der Waals surface area contributed by atoms with E-state index < -0.39 is 0 Å². The number of ether oxygens (including phenoxy) is 2. The van der Waals surface area contributed by atoms with E-state index in [1.807, 2.05) is 35.2 Å². The van der Waals surface area contributed by atoms with Crippen LogP contribution in [0.15, 0.2) is 36.5 Å². The first-order valence-corrected chi connectivity index (χ1v) is 7.93. The van der Waals surface area contributed by atoms with E-state index in [1.54, 1.807) is 13.3 Å². The summed E-state index contributed by atoms with van der Waals surface area (Å²) in [7, 11) is 1.71. The van der Waals surface area contributed by atoms with Crippen molar-refractivity contribution in [2.24, 2.45) is 11.3 Å². The van der Waals surface area contributed by atoms with Gasteiger partial charge in [-0.3, -0.25) is 9.78 Å². The SMILES string of the molecule is COC[C@]12COC[C@H]1CN(C(=O)c1ccc3ncccc3c1)C2. The molecule has 1 amide bonds. The predicted molar refractivity (Wildman–Crippen MR) is 86.3 cm³/mol. The zero-order chi connectivity index (χ0) is 15.9. The van der Waals surface area contributed by atoms with Crippen LogP contribution in [0, 0.1) is 11.3 Å². The lowest BCUT2D eigenvalue weighted by Crippen LogP contribution is -2.37. The number of aromatic nitrogens is 1. The van der Waals surface area contributed by atoms with Crippen LogP contribution in [0.5, 0.6) is 0 Å². The first kappa shape index (κ1) is 14.6. The minimum atomic E-state index is -0.0389. The Balaban J connectivity index is 1.59. The van der Waals surface area contributed by atoms with Gasteiger partial charge in [0, 0.05) is 48.7 Å². The molecule has 1 aromatic carbocycles. The number of methoxy groups -OCH3 is 1. The number of amides is 1. The maximum absolute atomic E-state index is 12.9. The highest BCUT2D eigenvalue weighted by atomic mass is 16.5. The highest BCUT2D eigenvalue weighted by Crippen LogP contribution is 2.41. The van der Waals surface area contributed by atoms with Gasteiger partial charge in [0.2, 0.25) is 0 Å². The number of carbonyl (C=O) groups is 1. The molecule has 2 aliphatic heterocycles. The smallest absolute Gasteiger partial charge is 0.253 e. The van der Waals surface area contributed by atoms with E-state index in [2.05, 4.69) is 4.98 Å². The zero-order valence-electron chi connectivity index (χ0n) is 13.2. The van der Waals surface area contributed by atoms with Crippen molar-refractivity contribution in [1.82, 2.24) is 9.88 Å². The van der Waals surface area contributed by atoms with E-state index in [9.17, 15) is 4.79 Å². The summed E-state index contributed by atoms with van der Waals surface area (Å²) >= 11 is 0. The number of carbonyl (C=O) groups excluding carboxylic acids is 1. The Morgan fingerprint density at radius 3 is 3.26 bits per heavy atom. The van der Waals surface area contributed by atoms with E-state index >= 15 is 0 Å². The van der Waals surface area contributed by atoms with Crippen LogP contribution in [0.1, 0.15) is 10.4 Å². The second-order valence-electron chi connectivity index (χ2n) is 6.60. The largest absolute Gasteiger partial charge is 0.384 e. The van der Waals surface area contributed by atoms with E-state index in [-0.39, 0.29) is 11.3 Å². The Morgan fingerprint density at radius 1 is 1.48 bits per heavy atom. The summed E-state index contributed by atoms with van der Waals surface area (Å²) < 4.78 is 11.0. The van der Waals surface area contributed by atoms with Gasteiger partial charge in [-0.25, -0.2) is 0 Å². The predicted octanol–water partition coefficient (Wildman–Crippen LogP) is 1.97. The third-order valence-corrected chi connectivity index (χ3v) is 5.09. The average Bonchev–Trinajstić information content (AvgIpc) is 3.11. The molecule has 2 atom stereocenters. The Hall–Kier alpha value is -1.98. The quantitative estimate of drug-likeness (QED) is 0.869. The number of rotatable bonds is 3. The number of pyridine rings is 1. The fourth-order valence-electron chi connectivity index (χ4n) is 3.87. The molecule has 2 aliphatic rings. The standard InChI is InChI=1S/C18H20N2O3/c1-22-11-18-10-20(8-15(18)9-23-12-18)17(21)14-4-5-16-13(7-14)3-2-6-19-16/h2-7,15H,8-12H2,1H3/t15-,18-/m1/s1. The van der Waals surface area contributed by atoms with Crippen LogP contribution in [0.25, 0.3) is 10.9 Å². The average molecular weight is 312 g/mol. The van der Waals surface area contributed by atoms with Crippen LogP contribution in [0.3, 0.4) is 0 Å². The first-order valence-electron chi connectivity index (χ1n) is 7.93. The van der Waals surface area contributed by atoms with Gasteiger partial charge in [0.15, 0.2) is 0 Å². The minimum Gasteiger partial charge on any atom is -0.384 e. The summed E-state index contributed by atoms with van der Waals surface area (Å²) in [5, 5.41) is 0.993.